The number of hydrogen-bond acceptors (Lipinski definition) is 3. The van der Waals surface area contributed by atoms with Gasteiger partial charge in [-0.2, -0.15) is 5.10 Å². The van der Waals surface area contributed by atoms with E-state index in [1.807, 2.05) is 19.1 Å². The fourth-order valence-corrected chi connectivity index (χ4v) is 1.91. The van der Waals surface area contributed by atoms with Crippen LogP contribution in [-0.2, 0) is 6.54 Å². The molecule has 0 spiro atoms. The minimum absolute atomic E-state index is 0.532. The van der Waals surface area contributed by atoms with Gasteiger partial charge in [0, 0.05) is 0 Å². The highest BCUT2D eigenvalue weighted by Crippen LogP contribution is 2.24. The van der Waals surface area contributed by atoms with Gasteiger partial charge >= 0.3 is 0 Å². The van der Waals surface area contributed by atoms with Crippen molar-refractivity contribution in [3.05, 3.63) is 32.7 Å². The number of furan rings is 1. The Balaban J connectivity index is 2.28. The highest BCUT2D eigenvalue weighted by atomic mass is 79.9. The summed E-state index contributed by atoms with van der Waals surface area (Å²) in [5, 5.41) is 4.28. The van der Waals surface area contributed by atoms with Crippen molar-refractivity contribution < 1.29 is 4.42 Å². The van der Waals surface area contributed by atoms with Gasteiger partial charge < -0.3 is 10.2 Å². The monoisotopic (exact) mass is 333 g/mol. The van der Waals surface area contributed by atoms with E-state index in [2.05, 4.69) is 37.0 Å². The second-order valence-electron chi connectivity index (χ2n) is 3.15. The van der Waals surface area contributed by atoms with Crippen molar-refractivity contribution >= 4 is 37.7 Å². The van der Waals surface area contributed by atoms with E-state index in [0.29, 0.717) is 17.0 Å². The normalized spacial score (nSPS) is 10.9. The number of nitrogens with two attached hydrogens (primary N) is 1. The molecule has 80 valence electrons. The Morgan fingerprint density at radius 2 is 2.20 bits per heavy atom. The van der Waals surface area contributed by atoms with E-state index in [-0.39, 0.29) is 0 Å². The lowest BCUT2D eigenvalue weighted by atomic mass is 10.4. The lowest BCUT2D eigenvalue weighted by molar-refractivity contribution is 0.464. The van der Waals surface area contributed by atoms with Crippen LogP contribution in [-0.4, -0.2) is 9.78 Å². The van der Waals surface area contributed by atoms with Gasteiger partial charge in [-0.3, -0.25) is 0 Å². The van der Waals surface area contributed by atoms with Crippen LogP contribution in [0.3, 0.4) is 0 Å². The quantitative estimate of drug-likeness (QED) is 0.918. The summed E-state index contributed by atoms with van der Waals surface area (Å²) in [6.07, 6.45) is 0. The Labute approximate surface area is 104 Å². The van der Waals surface area contributed by atoms with Crippen molar-refractivity contribution in [3.63, 3.8) is 0 Å². The first kappa shape index (κ1) is 10.8. The maximum absolute atomic E-state index is 5.86. The third kappa shape index (κ3) is 2.10. The maximum Gasteiger partial charge on any atom is 0.169 e. The van der Waals surface area contributed by atoms with Crippen LogP contribution in [0.4, 0.5) is 5.82 Å². The molecule has 0 aliphatic carbocycles. The highest BCUT2D eigenvalue weighted by Gasteiger charge is 2.11. The number of rotatable bonds is 2. The van der Waals surface area contributed by atoms with Gasteiger partial charge in [-0.25, -0.2) is 4.68 Å². The summed E-state index contributed by atoms with van der Waals surface area (Å²) >= 11 is 6.62. The van der Waals surface area contributed by atoms with Gasteiger partial charge in [0.05, 0.1) is 10.2 Å². The van der Waals surface area contributed by atoms with Crippen LogP contribution in [0, 0.1) is 6.92 Å². The first-order chi connectivity index (χ1) is 7.08. The van der Waals surface area contributed by atoms with Crippen molar-refractivity contribution in [1.29, 1.82) is 0 Å². The lowest BCUT2D eigenvalue weighted by Gasteiger charge is -2.00. The van der Waals surface area contributed by atoms with Crippen molar-refractivity contribution in [2.24, 2.45) is 0 Å². The molecule has 15 heavy (non-hydrogen) atoms. The first-order valence-corrected chi connectivity index (χ1v) is 5.89. The minimum Gasteiger partial charge on any atom is -0.452 e. The Morgan fingerprint density at radius 1 is 1.47 bits per heavy atom. The molecule has 0 aliphatic heterocycles. The molecule has 2 N–H and O–H groups in total. The molecular weight excluding hydrogens is 326 g/mol. The van der Waals surface area contributed by atoms with Crippen molar-refractivity contribution in [1.82, 2.24) is 9.78 Å². The number of halogens is 2. The average Bonchev–Trinajstić information content (AvgIpc) is 2.68. The van der Waals surface area contributed by atoms with E-state index in [4.69, 9.17) is 10.2 Å². The van der Waals surface area contributed by atoms with Gasteiger partial charge in [0.15, 0.2) is 4.67 Å². The second kappa shape index (κ2) is 4.02. The molecular formula is C9H9Br2N3O. The van der Waals surface area contributed by atoms with Crippen LogP contribution >= 0.6 is 31.9 Å². The molecule has 0 aromatic carbocycles. The van der Waals surface area contributed by atoms with Crippen LogP contribution in [0.25, 0.3) is 0 Å². The molecule has 2 aromatic heterocycles. The van der Waals surface area contributed by atoms with Crippen molar-refractivity contribution in [2.75, 3.05) is 5.73 Å². The van der Waals surface area contributed by atoms with Crippen LogP contribution in [0.5, 0.6) is 0 Å². The predicted molar refractivity (Wildman–Crippen MR) is 64.6 cm³/mol. The Morgan fingerprint density at radius 3 is 2.67 bits per heavy atom. The first-order valence-electron chi connectivity index (χ1n) is 4.30. The van der Waals surface area contributed by atoms with Gasteiger partial charge in [-0.05, 0) is 50.9 Å². The highest BCUT2D eigenvalue weighted by molar-refractivity contribution is 9.10. The molecule has 0 amide bonds. The molecule has 0 aliphatic rings. The largest absolute Gasteiger partial charge is 0.452 e. The van der Waals surface area contributed by atoms with E-state index in [0.717, 1.165) is 15.9 Å². The second-order valence-corrected chi connectivity index (χ2v) is 4.72. The van der Waals surface area contributed by atoms with Crippen molar-refractivity contribution in [3.8, 4) is 0 Å². The van der Waals surface area contributed by atoms with Gasteiger partial charge in [0.25, 0.3) is 0 Å². The van der Waals surface area contributed by atoms with Crippen LogP contribution in [0.15, 0.2) is 25.7 Å². The number of nitrogen functional groups attached to an aromatic ring is 1. The molecule has 0 atom stereocenters. The smallest absolute Gasteiger partial charge is 0.169 e. The van der Waals surface area contributed by atoms with Crippen molar-refractivity contribution in [2.45, 2.75) is 13.5 Å². The number of aryl methyl sites for hydroxylation is 1. The Bertz CT molecular complexity index is 490. The van der Waals surface area contributed by atoms with Crippen LogP contribution in [0.2, 0.25) is 0 Å². The molecule has 0 fully saturated rings. The molecule has 6 heteroatoms. The summed E-state index contributed by atoms with van der Waals surface area (Å²) in [5.74, 6) is 1.42. The van der Waals surface area contributed by atoms with E-state index in [1.165, 1.54) is 0 Å². The summed E-state index contributed by atoms with van der Waals surface area (Å²) in [6.45, 7) is 2.43. The number of nitrogens with zero attached hydrogens (tertiary/aromatic N) is 2. The van der Waals surface area contributed by atoms with Crippen LogP contribution in [0.1, 0.15) is 11.5 Å². The molecule has 0 bridgehead atoms. The molecule has 0 radical (unpaired) electrons. The summed E-state index contributed by atoms with van der Waals surface area (Å²) in [4.78, 5) is 0. The summed E-state index contributed by atoms with van der Waals surface area (Å²) < 4.78 is 8.62. The Hall–Kier alpha value is -0.750. The van der Waals surface area contributed by atoms with Gasteiger partial charge in [0.2, 0.25) is 0 Å². The Kier molecular flexibility index (Phi) is 2.88. The molecule has 0 saturated heterocycles. The summed E-state index contributed by atoms with van der Waals surface area (Å²) in [6, 6.07) is 3.73. The number of anilines is 1. The third-order valence-electron chi connectivity index (χ3n) is 2.03. The predicted octanol–water partition coefficient (Wildman–Crippen LogP) is 2.94. The van der Waals surface area contributed by atoms with Crippen LogP contribution < -0.4 is 5.73 Å². The molecule has 2 aromatic rings. The fourth-order valence-electron chi connectivity index (χ4n) is 1.28. The molecule has 2 heterocycles. The topological polar surface area (TPSA) is 57.0 Å². The molecule has 0 unspecified atom stereocenters. The summed E-state index contributed by atoms with van der Waals surface area (Å²) in [5.41, 5.74) is 6.73. The minimum atomic E-state index is 0.532. The van der Waals surface area contributed by atoms with E-state index >= 15 is 0 Å². The number of aromatic nitrogens is 2. The zero-order chi connectivity index (χ0) is 11.0. The van der Waals surface area contributed by atoms with Gasteiger partial charge in [-0.15, -0.1) is 0 Å². The molecule has 4 nitrogen and oxygen atoms in total. The number of hydrogen-bond donors (Lipinski definition) is 1. The van der Waals surface area contributed by atoms with E-state index in [1.54, 1.807) is 4.68 Å². The zero-order valence-electron chi connectivity index (χ0n) is 8.00. The fraction of sp³-hybridized carbons (Fsp3) is 0.222. The average molecular weight is 335 g/mol. The molecule has 2 rings (SSSR count). The van der Waals surface area contributed by atoms with Gasteiger partial charge in [-0.1, -0.05) is 0 Å². The zero-order valence-corrected chi connectivity index (χ0v) is 11.2. The SMILES string of the molecule is Cc1nn(Cc2ccc(Br)o2)c(N)c1Br. The summed E-state index contributed by atoms with van der Waals surface area (Å²) in [7, 11) is 0. The standard InChI is InChI=1S/C9H9Br2N3O/c1-5-8(11)9(12)14(13-5)4-6-2-3-7(10)15-6/h2-3H,4,12H2,1H3. The van der Waals surface area contributed by atoms with Gasteiger partial charge in [0.1, 0.15) is 18.1 Å². The lowest BCUT2D eigenvalue weighted by Crippen LogP contribution is -2.05. The van der Waals surface area contributed by atoms with E-state index in [9.17, 15) is 0 Å². The van der Waals surface area contributed by atoms with E-state index < -0.39 is 0 Å². The third-order valence-corrected chi connectivity index (χ3v) is 3.43. The maximum atomic E-state index is 5.86. The molecule has 0 saturated carbocycles.